The molecule has 0 aliphatic carbocycles. The number of rotatable bonds is 5. The molecule has 1 aromatic rings. The van der Waals surface area contributed by atoms with E-state index in [0.717, 1.165) is 19.0 Å². The van der Waals surface area contributed by atoms with Crippen molar-refractivity contribution >= 4 is 5.82 Å². The van der Waals surface area contributed by atoms with Crippen molar-refractivity contribution in [3.8, 4) is 5.88 Å². The van der Waals surface area contributed by atoms with E-state index in [1.165, 1.54) is 6.20 Å². The van der Waals surface area contributed by atoms with Gasteiger partial charge in [0.1, 0.15) is 5.82 Å². The van der Waals surface area contributed by atoms with Crippen LogP contribution in [0.1, 0.15) is 33.6 Å². The Kier molecular flexibility index (Phi) is 4.37. The highest BCUT2D eigenvalue weighted by molar-refractivity contribution is 5.35. The Morgan fingerprint density at radius 1 is 1.17 bits per heavy atom. The second-order valence-electron chi connectivity index (χ2n) is 4.18. The molecule has 0 spiro atoms. The summed E-state index contributed by atoms with van der Waals surface area (Å²) in [6.45, 7) is 6.05. The van der Waals surface area contributed by atoms with Crippen LogP contribution < -0.4 is 10.1 Å². The van der Waals surface area contributed by atoms with E-state index >= 15 is 0 Å². The van der Waals surface area contributed by atoms with Gasteiger partial charge in [-0.3, -0.25) is 0 Å². The van der Waals surface area contributed by atoms with Crippen LogP contribution in [0.2, 0.25) is 0 Å². The minimum Gasteiger partial charge on any atom is -0.386 e. The molecule has 0 radical (unpaired) electrons. The number of aromatic nitrogens is 2. The first-order valence-electron chi connectivity index (χ1n) is 5.64. The highest BCUT2D eigenvalue weighted by atomic mass is 19.4. The van der Waals surface area contributed by atoms with Gasteiger partial charge >= 0.3 is 6.36 Å². The molecule has 18 heavy (non-hydrogen) atoms. The van der Waals surface area contributed by atoms with Gasteiger partial charge in [-0.2, -0.15) is 0 Å². The van der Waals surface area contributed by atoms with E-state index in [9.17, 15) is 13.2 Å². The fourth-order valence-electron chi connectivity index (χ4n) is 1.29. The van der Waals surface area contributed by atoms with E-state index in [0.29, 0.717) is 5.82 Å². The molecule has 1 heterocycles. The molecule has 0 aromatic carbocycles. The SMILES string of the molecule is CCC(C)(CC)Nc1cnc(OC(F)(F)F)cn1. The van der Waals surface area contributed by atoms with Crippen molar-refractivity contribution in [3.05, 3.63) is 12.4 Å². The summed E-state index contributed by atoms with van der Waals surface area (Å²) in [4.78, 5) is 7.39. The average molecular weight is 263 g/mol. The molecule has 0 fully saturated rings. The van der Waals surface area contributed by atoms with Gasteiger partial charge < -0.3 is 10.1 Å². The lowest BCUT2D eigenvalue weighted by Gasteiger charge is -2.28. The van der Waals surface area contributed by atoms with Gasteiger partial charge in [-0.25, -0.2) is 9.97 Å². The van der Waals surface area contributed by atoms with Crippen molar-refractivity contribution in [2.24, 2.45) is 0 Å². The topological polar surface area (TPSA) is 47.0 Å². The molecule has 0 aliphatic rings. The van der Waals surface area contributed by atoms with Gasteiger partial charge in [-0.1, -0.05) is 13.8 Å². The highest BCUT2D eigenvalue weighted by Crippen LogP contribution is 2.22. The highest BCUT2D eigenvalue weighted by Gasteiger charge is 2.32. The van der Waals surface area contributed by atoms with Crippen LogP contribution >= 0.6 is 0 Å². The number of nitrogens with zero attached hydrogens (tertiary/aromatic N) is 2. The fourth-order valence-corrected chi connectivity index (χ4v) is 1.29. The summed E-state index contributed by atoms with van der Waals surface area (Å²) < 4.78 is 39.4. The van der Waals surface area contributed by atoms with Crippen LogP contribution in [0.15, 0.2) is 12.4 Å². The first-order valence-corrected chi connectivity index (χ1v) is 5.64. The first kappa shape index (κ1) is 14.5. The van der Waals surface area contributed by atoms with Crippen molar-refractivity contribution in [2.75, 3.05) is 5.32 Å². The predicted molar refractivity (Wildman–Crippen MR) is 61.3 cm³/mol. The monoisotopic (exact) mass is 263 g/mol. The zero-order valence-corrected chi connectivity index (χ0v) is 10.5. The molecular formula is C11H16F3N3O. The Bertz CT molecular complexity index is 374. The Labute approximate surface area is 104 Å². The number of nitrogens with one attached hydrogen (secondary N) is 1. The third-order valence-electron chi connectivity index (χ3n) is 2.84. The lowest BCUT2D eigenvalue weighted by atomic mass is 9.96. The second-order valence-corrected chi connectivity index (χ2v) is 4.18. The van der Waals surface area contributed by atoms with E-state index in [2.05, 4.69) is 20.0 Å². The number of hydrogen-bond donors (Lipinski definition) is 1. The zero-order chi connectivity index (χ0) is 13.8. The van der Waals surface area contributed by atoms with E-state index in [1.54, 1.807) is 0 Å². The Morgan fingerprint density at radius 2 is 1.78 bits per heavy atom. The molecule has 7 heteroatoms. The summed E-state index contributed by atoms with van der Waals surface area (Å²) in [5.41, 5.74) is -0.152. The van der Waals surface area contributed by atoms with Crippen molar-refractivity contribution in [1.29, 1.82) is 0 Å². The van der Waals surface area contributed by atoms with Gasteiger partial charge in [0, 0.05) is 5.54 Å². The lowest BCUT2D eigenvalue weighted by molar-refractivity contribution is -0.276. The zero-order valence-electron chi connectivity index (χ0n) is 10.5. The van der Waals surface area contributed by atoms with Crippen molar-refractivity contribution in [2.45, 2.75) is 45.5 Å². The molecule has 1 N–H and O–H groups in total. The number of hydrogen-bond acceptors (Lipinski definition) is 4. The van der Waals surface area contributed by atoms with E-state index < -0.39 is 12.2 Å². The average Bonchev–Trinajstić information content (AvgIpc) is 2.30. The summed E-state index contributed by atoms with van der Waals surface area (Å²) in [6.07, 6.45) is -0.838. The third kappa shape index (κ3) is 4.38. The van der Waals surface area contributed by atoms with Crippen molar-refractivity contribution < 1.29 is 17.9 Å². The molecule has 0 atom stereocenters. The van der Waals surface area contributed by atoms with Crippen LogP contribution in [0.3, 0.4) is 0 Å². The molecule has 102 valence electrons. The molecule has 0 saturated carbocycles. The lowest BCUT2D eigenvalue weighted by Crippen LogP contribution is -2.33. The van der Waals surface area contributed by atoms with Gasteiger partial charge in [0.25, 0.3) is 0 Å². The van der Waals surface area contributed by atoms with Crippen LogP contribution in [0.4, 0.5) is 19.0 Å². The van der Waals surface area contributed by atoms with Gasteiger partial charge in [0.15, 0.2) is 0 Å². The second kappa shape index (κ2) is 5.41. The molecule has 0 aliphatic heterocycles. The molecule has 1 rings (SSSR count). The smallest absolute Gasteiger partial charge is 0.386 e. The van der Waals surface area contributed by atoms with Crippen molar-refractivity contribution in [3.63, 3.8) is 0 Å². The molecular weight excluding hydrogens is 247 g/mol. The Hall–Kier alpha value is -1.53. The molecule has 0 unspecified atom stereocenters. The van der Waals surface area contributed by atoms with Crippen LogP contribution in [-0.4, -0.2) is 21.9 Å². The normalized spacial score (nSPS) is 12.3. The van der Waals surface area contributed by atoms with Crippen LogP contribution in [0, 0.1) is 0 Å². The van der Waals surface area contributed by atoms with Gasteiger partial charge in [0.2, 0.25) is 5.88 Å². The molecule has 0 bridgehead atoms. The van der Waals surface area contributed by atoms with Crippen molar-refractivity contribution in [1.82, 2.24) is 9.97 Å². The minimum absolute atomic E-state index is 0.152. The Balaban J connectivity index is 2.71. The maximum atomic E-state index is 11.9. The fraction of sp³-hybridized carbons (Fsp3) is 0.636. The van der Waals surface area contributed by atoms with E-state index in [-0.39, 0.29) is 5.54 Å². The predicted octanol–water partition coefficient (Wildman–Crippen LogP) is 3.37. The van der Waals surface area contributed by atoms with Gasteiger partial charge in [-0.15, -0.1) is 13.2 Å². The summed E-state index contributed by atoms with van der Waals surface area (Å²) in [5.74, 6) is -0.140. The Morgan fingerprint density at radius 3 is 2.17 bits per heavy atom. The van der Waals surface area contributed by atoms with Crippen LogP contribution in [0.5, 0.6) is 5.88 Å². The molecule has 0 saturated heterocycles. The summed E-state index contributed by atoms with van der Waals surface area (Å²) >= 11 is 0. The van der Waals surface area contributed by atoms with Crippen LogP contribution in [-0.2, 0) is 0 Å². The number of alkyl halides is 3. The third-order valence-corrected chi connectivity index (χ3v) is 2.84. The largest absolute Gasteiger partial charge is 0.574 e. The van der Waals surface area contributed by atoms with Gasteiger partial charge in [-0.05, 0) is 19.8 Å². The summed E-state index contributed by atoms with van der Waals surface area (Å²) in [7, 11) is 0. The number of anilines is 1. The maximum absolute atomic E-state index is 11.9. The standard InChI is InChI=1S/C11H16F3N3O/c1-4-10(3,5-2)17-8-6-16-9(7-15-8)18-11(12,13)14/h6-7H,4-5H2,1-3H3,(H,15,17). The summed E-state index contributed by atoms with van der Waals surface area (Å²) in [6, 6.07) is 0. The first-order chi connectivity index (χ1) is 8.28. The summed E-state index contributed by atoms with van der Waals surface area (Å²) in [5, 5.41) is 3.13. The molecule has 0 amide bonds. The molecule has 1 aromatic heterocycles. The number of halogens is 3. The van der Waals surface area contributed by atoms with Crippen LogP contribution in [0.25, 0.3) is 0 Å². The number of ether oxygens (including phenoxy) is 1. The molecule has 4 nitrogen and oxygen atoms in total. The van der Waals surface area contributed by atoms with E-state index in [1.807, 2.05) is 20.8 Å². The van der Waals surface area contributed by atoms with Gasteiger partial charge in [0.05, 0.1) is 12.4 Å². The minimum atomic E-state index is -4.75. The quantitative estimate of drug-likeness (QED) is 0.884. The maximum Gasteiger partial charge on any atom is 0.574 e. The van der Waals surface area contributed by atoms with E-state index in [4.69, 9.17) is 0 Å².